The third-order valence-corrected chi connectivity index (χ3v) is 4.09. The zero-order chi connectivity index (χ0) is 14.7. The Morgan fingerprint density at radius 3 is 2.57 bits per heavy atom. The molecule has 0 saturated carbocycles. The van der Waals surface area contributed by atoms with E-state index in [4.69, 9.17) is 4.42 Å². The summed E-state index contributed by atoms with van der Waals surface area (Å²) in [6.45, 7) is 0. The molecule has 0 radical (unpaired) electrons. The number of aliphatic carboxylic acids is 1. The average Bonchev–Trinajstić information content (AvgIpc) is 2.90. The molecule has 1 atom stereocenters. The molecule has 0 aliphatic rings. The molecular weight excluding hydrogens is 286 g/mol. The molecule has 1 unspecified atom stereocenters. The molecule has 0 fully saturated rings. The van der Waals surface area contributed by atoms with Crippen LogP contribution in [0.2, 0.25) is 0 Å². The standard InChI is InChI=1S/C16H13NO3S/c18-15(19)14(10-11-6-2-1-3-7-11)21-16-17-12-8-4-5-9-13(12)20-16/h1-9,14H,10H2,(H,18,19). The van der Waals surface area contributed by atoms with Gasteiger partial charge in [0.2, 0.25) is 0 Å². The van der Waals surface area contributed by atoms with Crippen LogP contribution in [-0.4, -0.2) is 21.3 Å². The van der Waals surface area contributed by atoms with Crippen LogP contribution < -0.4 is 0 Å². The summed E-state index contributed by atoms with van der Waals surface area (Å²) in [5.74, 6) is -0.869. The van der Waals surface area contributed by atoms with E-state index in [-0.39, 0.29) is 0 Å². The number of nitrogens with zero attached hydrogens (tertiary/aromatic N) is 1. The van der Waals surface area contributed by atoms with Crippen LogP contribution in [0.15, 0.2) is 64.2 Å². The van der Waals surface area contributed by atoms with Crippen molar-refractivity contribution in [1.82, 2.24) is 4.98 Å². The zero-order valence-electron chi connectivity index (χ0n) is 11.1. The van der Waals surface area contributed by atoms with Crippen molar-refractivity contribution in [3.8, 4) is 0 Å². The minimum atomic E-state index is -0.869. The summed E-state index contributed by atoms with van der Waals surface area (Å²) in [5, 5.41) is 9.14. The fourth-order valence-electron chi connectivity index (χ4n) is 2.03. The molecule has 4 nitrogen and oxygen atoms in total. The number of carboxylic acid groups (broad SMARTS) is 1. The topological polar surface area (TPSA) is 63.3 Å². The van der Waals surface area contributed by atoms with Crippen molar-refractivity contribution in [3.63, 3.8) is 0 Å². The Morgan fingerprint density at radius 2 is 1.86 bits per heavy atom. The molecule has 5 heteroatoms. The van der Waals surface area contributed by atoms with Crippen molar-refractivity contribution in [3.05, 3.63) is 60.2 Å². The highest BCUT2D eigenvalue weighted by atomic mass is 32.2. The Kier molecular flexibility index (Phi) is 3.92. The van der Waals surface area contributed by atoms with Crippen LogP contribution in [0.4, 0.5) is 0 Å². The van der Waals surface area contributed by atoms with Gasteiger partial charge in [-0.2, -0.15) is 0 Å². The predicted molar refractivity (Wildman–Crippen MR) is 81.4 cm³/mol. The first-order valence-corrected chi connectivity index (χ1v) is 7.39. The highest BCUT2D eigenvalue weighted by Crippen LogP contribution is 2.28. The molecule has 0 aliphatic heterocycles. The molecule has 3 rings (SSSR count). The van der Waals surface area contributed by atoms with Crippen LogP contribution in [-0.2, 0) is 11.2 Å². The van der Waals surface area contributed by atoms with Crippen molar-refractivity contribution in [1.29, 1.82) is 0 Å². The molecule has 3 aromatic rings. The normalized spacial score (nSPS) is 12.4. The number of benzene rings is 2. The van der Waals surface area contributed by atoms with Gasteiger partial charge in [0, 0.05) is 0 Å². The first-order chi connectivity index (χ1) is 10.2. The van der Waals surface area contributed by atoms with Gasteiger partial charge in [-0.25, -0.2) is 4.98 Å². The molecule has 21 heavy (non-hydrogen) atoms. The third-order valence-electron chi connectivity index (χ3n) is 3.06. The first kappa shape index (κ1) is 13.7. The number of aromatic nitrogens is 1. The third kappa shape index (κ3) is 3.25. The summed E-state index contributed by atoms with van der Waals surface area (Å²) in [5.41, 5.74) is 2.39. The SMILES string of the molecule is O=C(O)C(Cc1ccccc1)Sc1nc2ccccc2o1. The lowest BCUT2D eigenvalue weighted by Crippen LogP contribution is -2.19. The van der Waals surface area contributed by atoms with Crippen molar-refractivity contribution >= 4 is 28.8 Å². The number of fused-ring (bicyclic) bond motifs is 1. The Bertz CT molecular complexity index is 721. The summed E-state index contributed by atoms with van der Waals surface area (Å²) in [7, 11) is 0. The number of thioether (sulfide) groups is 1. The molecule has 0 bridgehead atoms. The van der Waals surface area contributed by atoms with E-state index in [0.717, 1.165) is 22.8 Å². The Balaban J connectivity index is 1.80. The Hall–Kier alpha value is -2.27. The van der Waals surface area contributed by atoms with Crippen LogP contribution in [0.3, 0.4) is 0 Å². The maximum absolute atomic E-state index is 11.4. The smallest absolute Gasteiger partial charge is 0.317 e. The molecule has 2 aromatic carbocycles. The number of carbonyl (C=O) groups is 1. The van der Waals surface area contributed by atoms with E-state index >= 15 is 0 Å². The Morgan fingerprint density at radius 1 is 1.14 bits per heavy atom. The van der Waals surface area contributed by atoms with Gasteiger partial charge in [-0.05, 0) is 24.1 Å². The van der Waals surface area contributed by atoms with E-state index in [9.17, 15) is 9.90 Å². The molecule has 0 amide bonds. The van der Waals surface area contributed by atoms with Gasteiger partial charge in [-0.3, -0.25) is 4.79 Å². The summed E-state index contributed by atoms with van der Waals surface area (Å²) in [4.78, 5) is 15.7. The quantitative estimate of drug-likeness (QED) is 0.729. The maximum atomic E-state index is 11.4. The van der Waals surface area contributed by atoms with Crippen molar-refractivity contribution < 1.29 is 14.3 Å². The summed E-state index contributed by atoms with van der Waals surface area (Å²) >= 11 is 1.14. The lowest BCUT2D eigenvalue weighted by Gasteiger charge is -2.09. The van der Waals surface area contributed by atoms with Gasteiger partial charge in [-0.15, -0.1) is 0 Å². The second-order valence-corrected chi connectivity index (χ2v) is 5.74. The van der Waals surface area contributed by atoms with Crippen LogP contribution in [0.25, 0.3) is 11.1 Å². The maximum Gasteiger partial charge on any atom is 0.317 e. The van der Waals surface area contributed by atoms with Crippen LogP contribution in [0.5, 0.6) is 0 Å². The molecule has 0 saturated heterocycles. The molecule has 1 N–H and O–H groups in total. The largest absolute Gasteiger partial charge is 0.480 e. The minimum absolute atomic E-state index is 0.388. The summed E-state index contributed by atoms with van der Waals surface area (Å²) < 4.78 is 5.57. The minimum Gasteiger partial charge on any atom is -0.480 e. The lowest BCUT2D eigenvalue weighted by molar-refractivity contribution is -0.136. The van der Waals surface area contributed by atoms with E-state index < -0.39 is 11.2 Å². The molecule has 1 heterocycles. The number of oxazole rings is 1. The van der Waals surface area contributed by atoms with Gasteiger partial charge in [0.25, 0.3) is 5.22 Å². The van der Waals surface area contributed by atoms with Crippen LogP contribution in [0, 0.1) is 0 Å². The van der Waals surface area contributed by atoms with E-state index in [1.807, 2.05) is 54.6 Å². The molecule has 106 valence electrons. The highest BCUT2D eigenvalue weighted by Gasteiger charge is 2.22. The fraction of sp³-hybridized carbons (Fsp3) is 0.125. The first-order valence-electron chi connectivity index (χ1n) is 6.51. The van der Waals surface area contributed by atoms with E-state index in [1.54, 1.807) is 0 Å². The van der Waals surface area contributed by atoms with Crippen molar-refractivity contribution in [2.24, 2.45) is 0 Å². The summed E-state index contributed by atoms with van der Waals surface area (Å²) in [6.07, 6.45) is 0.430. The van der Waals surface area contributed by atoms with Gasteiger partial charge >= 0.3 is 5.97 Å². The second-order valence-electron chi connectivity index (χ2n) is 4.58. The zero-order valence-corrected chi connectivity index (χ0v) is 11.9. The Labute approximate surface area is 125 Å². The summed E-state index contributed by atoms with van der Waals surface area (Å²) in [6, 6.07) is 16.9. The van der Waals surface area contributed by atoms with Gasteiger partial charge in [-0.1, -0.05) is 54.2 Å². The molecule has 0 spiro atoms. The molecular formula is C16H13NO3S. The predicted octanol–water partition coefficient (Wildman–Crippen LogP) is 3.62. The van der Waals surface area contributed by atoms with Gasteiger partial charge in [0.15, 0.2) is 5.58 Å². The fourth-order valence-corrected chi connectivity index (χ4v) is 2.94. The van der Waals surface area contributed by atoms with Crippen LogP contribution >= 0.6 is 11.8 Å². The van der Waals surface area contributed by atoms with Gasteiger partial charge < -0.3 is 9.52 Å². The molecule has 1 aromatic heterocycles. The monoisotopic (exact) mass is 299 g/mol. The number of rotatable bonds is 5. The van der Waals surface area contributed by atoms with E-state index in [1.165, 1.54) is 0 Å². The lowest BCUT2D eigenvalue weighted by atomic mass is 10.1. The van der Waals surface area contributed by atoms with E-state index in [0.29, 0.717) is 17.2 Å². The van der Waals surface area contributed by atoms with Gasteiger partial charge in [0.1, 0.15) is 10.8 Å². The van der Waals surface area contributed by atoms with E-state index in [2.05, 4.69) is 4.98 Å². The number of hydrogen-bond acceptors (Lipinski definition) is 4. The second kappa shape index (κ2) is 6.01. The number of carboxylic acids is 1. The number of hydrogen-bond donors (Lipinski definition) is 1. The van der Waals surface area contributed by atoms with Crippen LogP contribution in [0.1, 0.15) is 5.56 Å². The average molecular weight is 299 g/mol. The van der Waals surface area contributed by atoms with Gasteiger partial charge in [0.05, 0.1) is 0 Å². The number of para-hydroxylation sites is 2. The van der Waals surface area contributed by atoms with Crippen molar-refractivity contribution in [2.45, 2.75) is 16.9 Å². The molecule has 0 aliphatic carbocycles. The van der Waals surface area contributed by atoms with Crippen molar-refractivity contribution in [2.75, 3.05) is 0 Å². The highest BCUT2D eigenvalue weighted by molar-refractivity contribution is 8.00.